The summed E-state index contributed by atoms with van der Waals surface area (Å²) in [7, 11) is 0. The molecule has 0 spiro atoms. The largest absolute Gasteiger partial charge is 0.420 e. The molecule has 28 heavy (non-hydrogen) atoms. The van der Waals surface area contributed by atoms with Crippen LogP contribution >= 0.6 is 0 Å². The van der Waals surface area contributed by atoms with Gasteiger partial charge in [-0.2, -0.15) is 4.98 Å². The van der Waals surface area contributed by atoms with Gasteiger partial charge in [0.05, 0.1) is 11.4 Å². The third kappa shape index (κ3) is 2.77. The molecule has 9 nitrogen and oxygen atoms in total. The minimum atomic E-state index is -0.538. The van der Waals surface area contributed by atoms with Crippen molar-refractivity contribution in [2.45, 2.75) is 12.5 Å². The van der Waals surface area contributed by atoms with Crippen molar-refractivity contribution in [3.63, 3.8) is 0 Å². The van der Waals surface area contributed by atoms with Crippen LogP contribution in [0.15, 0.2) is 62.4 Å². The van der Waals surface area contributed by atoms with Crippen LogP contribution in [0.1, 0.15) is 11.8 Å². The minimum absolute atomic E-state index is 0.0215. The Morgan fingerprint density at radius 1 is 1.14 bits per heavy atom. The molecule has 1 aromatic carbocycles. The Bertz CT molecular complexity index is 1200. The first kappa shape index (κ1) is 16.4. The summed E-state index contributed by atoms with van der Waals surface area (Å²) in [4.78, 5) is 34.8. The molecule has 0 unspecified atom stereocenters. The average molecular weight is 377 g/mol. The summed E-state index contributed by atoms with van der Waals surface area (Å²) >= 11 is 0. The third-order valence-corrected chi connectivity index (χ3v) is 4.79. The van der Waals surface area contributed by atoms with Crippen molar-refractivity contribution >= 4 is 17.0 Å². The van der Waals surface area contributed by atoms with Crippen LogP contribution in [0.2, 0.25) is 0 Å². The van der Waals surface area contributed by atoms with Gasteiger partial charge in [0, 0.05) is 19.3 Å². The predicted molar refractivity (Wildman–Crippen MR) is 97.3 cm³/mol. The third-order valence-electron chi connectivity index (χ3n) is 4.79. The van der Waals surface area contributed by atoms with Crippen LogP contribution in [-0.2, 0) is 11.3 Å². The van der Waals surface area contributed by atoms with Crippen LogP contribution in [0.5, 0.6) is 0 Å². The molecule has 0 radical (unpaired) electrons. The molecule has 1 fully saturated rings. The lowest BCUT2D eigenvalue weighted by molar-refractivity contribution is -0.136. The summed E-state index contributed by atoms with van der Waals surface area (Å²) in [6, 6.07) is 12.5. The number of carbonyl (C=O) groups is 1. The number of para-hydroxylation sites is 2. The highest BCUT2D eigenvalue weighted by Gasteiger charge is 2.36. The number of likely N-dealkylation sites (tertiary alicyclic amines) is 1. The van der Waals surface area contributed by atoms with Gasteiger partial charge < -0.3 is 13.8 Å². The van der Waals surface area contributed by atoms with Crippen LogP contribution in [0, 0.1) is 0 Å². The second kappa shape index (κ2) is 6.45. The Kier molecular flexibility index (Phi) is 3.78. The van der Waals surface area contributed by atoms with Crippen molar-refractivity contribution in [2.75, 3.05) is 13.1 Å². The van der Waals surface area contributed by atoms with E-state index in [1.54, 1.807) is 41.4 Å². The van der Waals surface area contributed by atoms with Gasteiger partial charge in [-0.3, -0.25) is 14.3 Å². The van der Waals surface area contributed by atoms with E-state index in [2.05, 4.69) is 15.1 Å². The van der Waals surface area contributed by atoms with Crippen LogP contribution in [0.4, 0.5) is 0 Å². The summed E-state index contributed by atoms with van der Waals surface area (Å²) in [6.45, 7) is 0.867. The summed E-state index contributed by atoms with van der Waals surface area (Å²) in [5, 5.41) is 3.96. The molecule has 5 rings (SSSR count). The number of hydrogen-bond acceptors (Lipinski definition) is 7. The highest BCUT2D eigenvalue weighted by molar-refractivity contribution is 5.80. The van der Waals surface area contributed by atoms with Gasteiger partial charge in [0.2, 0.25) is 17.6 Å². The molecule has 140 valence electrons. The van der Waals surface area contributed by atoms with E-state index in [0.29, 0.717) is 41.6 Å². The van der Waals surface area contributed by atoms with Gasteiger partial charge >= 0.3 is 5.76 Å². The number of carbonyl (C=O) groups excluding carboxylic acids is 1. The topological polar surface area (TPSA) is 107 Å². The number of benzene rings is 1. The number of fused-ring (bicyclic) bond motifs is 1. The zero-order valence-electron chi connectivity index (χ0n) is 14.7. The summed E-state index contributed by atoms with van der Waals surface area (Å²) in [6.07, 6.45) is 1.66. The molecule has 1 aliphatic rings. The second-order valence-corrected chi connectivity index (χ2v) is 6.59. The summed E-state index contributed by atoms with van der Waals surface area (Å²) < 4.78 is 11.8. The minimum Gasteiger partial charge on any atom is -0.408 e. The zero-order chi connectivity index (χ0) is 19.1. The van der Waals surface area contributed by atoms with E-state index in [-0.39, 0.29) is 18.4 Å². The molecule has 0 atom stereocenters. The quantitative estimate of drug-likeness (QED) is 0.532. The van der Waals surface area contributed by atoms with E-state index in [0.717, 1.165) is 0 Å². The fourth-order valence-corrected chi connectivity index (χ4v) is 3.24. The molecule has 4 aromatic rings. The van der Waals surface area contributed by atoms with Gasteiger partial charge in [-0.15, -0.1) is 0 Å². The van der Waals surface area contributed by atoms with Gasteiger partial charge in [0.1, 0.15) is 12.2 Å². The zero-order valence-corrected chi connectivity index (χ0v) is 14.7. The van der Waals surface area contributed by atoms with Gasteiger partial charge in [-0.1, -0.05) is 23.4 Å². The molecule has 0 N–H and O–H groups in total. The Hall–Kier alpha value is -3.75. The number of nitrogens with zero attached hydrogens (tertiary/aromatic N) is 5. The van der Waals surface area contributed by atoms with Gasteiger partial charge in [0.25, 0.3) is 0 Å². The molecule has 1 aliphatic heterocycles. The monoisotopic (exact) mass is 377 g/mol. The smallest absolute Gasteiger partial charge is 0.408 e. The molecule has 1 amide bonds. The van der Waals surface area contributed by atoms with E-state index >= 15 is 0 Å². The highest BCUT2D eigenvalue weighted by Crippen LogP contribution is 2.27. The average Bonchev–Trinajstić information content (AvgIpc) is 3.27. The lowest BCUT2D eigenvalue weighted by atomic mass is 10.00. The maximum atomic E-state index is 12.5. The molecule has 3 aromatic heterocycles. The van der Waals surface area contributed by atoms with Crippen molar-refractivity contribution < 1.29 is 13.7 Å². The second-order valence-electron chi connectivity index (χ2n) is 6.59. The Morgan fingerprint density at radius 2 is 1.96 bits per heavy atom. The van der Waals surface area contributed by atoms with Crippen molar-refractivity contribution in [2.24, 2.45) is 0 Å². The Balaban J connectivity index is 1.26. The lowest BCUT2D eigenvalue weighted by Gasteiger charge is -2.37. The van der Waals surface area contributed by atoms with Crippen LogP contribution in [-0.4, -0.2) is 43.6 Å². The Morgan fingerprint density at radius 3 is 2.79 bits per heavy atom. The fraction of sp³-hybridized carbons (Fsp3) is 0.211. The maximum Gasteiger partial charge on any atom is 0.420 e. The van der Waals surface area contributed by atoms with E-state index in [9.17, 15) is 9.59 Å². The van der Waals surface area contributed by atoms with Crippen LogP contribution in [0.25, 0.3) is 22.6 Å². The van der Waals surface area contributed by atoms with E-state index in [1.165, 1.54) is 4.57 Å². The normalized spacial score (nSPS) is 14.4. The number of oxazole rings is 1. The fourth-order valence-electron chi connectivity index (χ4n) is 3.24. The molecular weight excluding hydrogens is 362 g/mol. The van der Waals surface area contributed by atoms with Gasteiger partial charge in [0.15, 0.2) is 5.58 Å². The molecule has 9 heteroatoms. The van der Waals surface area contributed by atoms with Gasteiger partial charge in [-0.05, 0) is 24.3 Å². The summed E-state index contributed by atoms with van der Waals surface area (Å²) in [5.41, 5.74) is 1.71. The number of pyridine rings is 1. The van der Waals surface area contributed by atoms with E-state index < -0.39 is 5.76 Å². The first-order valence-electron chi connectivity index (χ1n) is 8.80. The molecule has 0 saturated carbocycles. The first-order valence-corrected chi connectivity index (χ1v) is 8.80. The number of rotatable bonds is 4. The SMILES string of the molecule is O=C(Cn1c(=O)oc2ccccc21)N1CC(c2nc(-c3ccccn3)no2)C1. The summed E-state index contributed by atoms with van der Waals surface area (Å²) in [5.74, 6) is 0.192. The van der Waals surface area contributed by atoms with Gasteiger partial charge in [-0.25, -0.2) is 4.79 Å². The first-order chi connectivity index (χ1) is 13.7. The standard InChI is InChI=1S/C19H15N5O4/c25-16(11-24-14-6-1-2-7-15(14)27-19(24)26)23-9-12(10-23)18-21-17(22-28-18)13-5-3-4-8-20-13/h1-8,12H,9-11H2. The van der Waals surface area contributed by atoms with Crippen molar-refractivity contribution in [1.29, 1.82) is 0 Å². The molecular formula is C19H15N5O4. The van der Waals surface area contributed by atoms with Crippen molar-refractivity contribution in [3.8, 4) is 11.5 Å². The molecule has 0 aliphatic carbocycles. The number of amides is 1. The van der Waals surface area contributed by atoms with Crippen LogP contribution in [0.3, 0.4) is 0 Å². The van der Waals surface area contributed by atoms with E-state index in [4.69, 9.17) is 8.94 Å². The lowest BCUT2D eigenvalue weighted by Crippen LogP contribution is -2.50. The van der Waals surface area contributed by atoms with Crippen molar-refractivity contribution in [1.82, 2.24) is 24.6 Å². The number of aromatic nitrogens is 4. The number of hydrogen-bond donors (Lipinski definition) is 0. The maximum absolute atomic E-state index is 12.5. The molecule has 1 saturated heterocycles. The predicted octanol–water partition coefficient (Wildman–Crippen LogP) is 1.67. The molecule has 0 bridgehead atoms. The molecule has 4 heterocycles. The van der Waals surface area contributed by atoms with Crippen LogP contribution < -0.4 is 5.76 Å². The Labute approximate surface area is 158 Å². The van der Waals surface area contributed by atoms with E-state index in [1.807, 2.05) is 12.1 Å². The van der Waals surface area contributed by atoms with Crippen molar-refractivity contribution in [3.05, 3.63) is 65.1 Å². The highest BCUT2D eigenvalue weighted by atomic mass is 16.5.